The molecule has 0 radical (unpaired) electrons. The maximum atomic E-state index is 12.2. The lowest BCUT2D eigenvalue weighted by atomic mass is 10.1. The minimum Gasteiger partial charge on any atom is -0.351 e. The number of nitrogens with zero attached hydrogens (tertiary/aromatic N) is 4. The summed E-state index contributed by atoms with van der Waals surface area (Å²) >= 11 is 7.30. The highest BCUT2D eigenvalue weighted by molar-refractivity contribution is 7.99. The smallest absolute Gasteiger partial charge is 0.230 e. The summed E-state index contributed by atoms with van der Waals surface area (Å²) in [4.78, 5) is 14.7. The fourth-order valence-electron chi connectivity index (χ4n) is 3.35. The maximum absolute atomic E-state index is 12.2. The molecule has 6 nitrogen and oxygen atoms in total. The van der Waals surface area contributed by atoms with Gasteiger partial charge in [0.1, 0.15) is 5.82 Å². The maximum Gasteiger partial charge on any atom is 0.230 e. The van der Waals surface area contributed by atoms with Crippen LogP contribution in [0, 0.1) is 0 Å². The number of likely N-dealkylation sites (tertiary alicyclic amines) is 1. The van der Waals surface area contributed by atoms with Crippen molar-refractivity contribution in [3.63, 3.8) is 0 Å². The Morgan fingerprint density at radius 3 is 2.69 bits per heavy atom. The number of carbonyl (C=O) groups is 1. The Morgan fingerprint density at radius 1 is 1.21 bits per heavy atom. The van der Waals surface area contributed by atoms with E-state index < -0.39 is 0 Å². The van der Waals surface area contributed by atoms with Gasteiger partial charge in [0.25, 0.3) is 0 Å². The van der Waals surface area contributed by atoms with Gasteiger partial charge >= 0.3 is 0 Å². The van der Waals surface area contributed by atoms with Crippen molar-refractivity contribution in [3.8, 4) is 0 Å². The summed E-state index contributed by atoms with van der Waals surface area (Å²) < 4.78 is 2.06. The summed E-state index contributed by atoms with van der Waals surface area (Å²) in [7, 11) is 0. The molecular formula is C21H28ClN5OS. The molecule has 0 spiro atoms. The van der Waals surface area contributed by atoms with Crippen molar-refractivity contribution in [1.29, 1.82) is 0 Å². The molecule has 1 aromatic carbocycles. The summed E-state index contributed by atoms with van der Waals surface area (Å²) in [5.74, 6) is 1.22. The second-order valence-electron chi connectivity index (χ2n) is 7.14. The van der Waals surface area contributed by atoms with E-state index in [4.69, 9.17) is 11.6 Å². The fourth-order valence-corrected chi connectivity index (χ4v) is 4.27. The van der Waals surface area contributed by atoms with E-state index in [0.29, 0.717) is 23.9 Å². The van der Waals surface area contributed by atoms with E-state index in [-0.39, 0.29) is 5.91 Å². The number of thioether (sulfide) groups is 1. The predicted molar refractivity (Wildman–Crippen MR) is 118 cm³/mol. The molecule has 1 fully saturated rings. The number of halogens is 1. The van der Waals surface area contributed by atoms with Gasteiger partial charge in [-0.05, 0) is 43.6 Å². The number of piperidine rings is 1. The Hall–Kier alpha value is -1.83. The quantitative estimate of drug-likeness (QED) is 0.458. The van der Waals surface area contributed by atoms with Gasteiger partial charge in [-0.25, -0.2) is 0 Å². The van der Waals surface area contributed by atoms with Crippen molar-refractivity contribution in [2.45, 2.75) is 43.9 Å². The number of amides is 1. The lowest BCUT2D eigenvalue weighted by Gasteiger charge is -2.26. The van der Waals surface area contributed by atoms with Crippen molar-refractivity contribution in [3.05, 3.63) is 53.3 Å². The van der Waals surface area contributed by atoms with Gasteiger partial charge in [-0.2, -0.15) is 0 Å². The second-order valence-corrected chi connectivity index (χ2v) is 8.52. The van der Waals surface area contributed by atoms with Crippen LogP contribution in [0.1, 0.15) is 30.7 Å². The Morgan fingerprint density at radius 2 is 1.97 bits per heavy atom. The molecular weight excluding hydrogens is 406 g/mol. The van der Waals surface area contributed by atoms with E-state index in [1.807, 2.05) is 30.3 Å². The first-order valence-electron chi connectivity index (χ1n) is 10.0. The van der Waals surface area contributed by atoms with Crippen LogP contribution in [-0.2, 0) is 24.3 Å². The molecule has 156 valence electrons. The third-order valence-electron chi connectivity index (χ3n) is 4.94. The van der Waals surface area contributed by atoms with Gasteiger partial charge in [0, 0.05) is 31.1 Å². The Bertz CT molecular complexity index is 802. The predicted octanol–water partition coefficient (Wildman–Crippen LogP) is 3.55. The van der Waals surface area contributed by atoms with E-state index in [9.17, 15) is 4.79 Å². The van der Waals surface area contributed by atoms with E-state index >= 15 is 0 Å². The van der Waals surface area contributed by atoms with Crippen LogP contribution in [0.15, 0.2) is 42.1 Å². The molecule has 29 heavy (non-hydrogen) atoms. The Labute approximate surface area is 181 Å². The van der Waals surface area contributed by atoms with Gasteiger partial charge in [-0.1, -0.05) is 48.0 Å². The SMILES string of the molecule is C=CCn1c(CCN2CCCCC2)nnc1SCC(=O)NCc1ccc(Cl)cc1. The van der Waals surface area contributed by atoms with Gasteiger partial charge in [0.05, 0.1) is 5.75 Å². The second kappa shape index (κ2) is 11.4. The number of aromatic nitrogens is 3. The molecule has 1 N–H and O–H groups in total. The van der Waals surface area contributed by atoms with Gasteiger partial charge < -0.3 is 14.8 Å². The zero-order valence-corrected chi connectivity index (χ0v) is 18.2. The molecule has 0 saturated carbocycles. The molecule has 1 aliphatic heterocycles. The molecule has 2 heterocycles. The largest absolute Gasteiger partial charge is 0.351 e. The van der Waals surface area contributed by atoms with E-state index in [1.54, 1.807) is 0 Å². The third kappa shape index (κ3) is 6.87. The minimum absolute atomic E-state index is 0.0343. The van der Waals surface area contributed by atoms with Crippen LogP contribution in [0.3, 0.4) is 0 Å². The molecule has 2 aromatic rings. The molecule has 0 bridgehead atoms. The standard InChI is InChI=1S/C21H28ClN5OS/c1-2-11-27-19(10-14-26-12-4-3-5-13-26)24-25-21(27)29-16-20(28)23-15-17-6-8-18(22)9-7-17/h2,6-9H,1,3-5,10-16H2,(H,23,28). The van der Waals surface area contributed by atoms with Crippen molar-refractivity contribution in [1.82, 2.24) is 25.0 Å². The molecule has 1 saturated heterocycles. The highest BCUT2D eigenvalue weighted by atomic mass is 35.5. The minimum atomic E-state index is -0.0343. The molecule has 1 aromatic heterocycles. The Balaban J connectivity index is 1.49. The molecule has 1 aliphatic rings. The van der Waals surface area contributed by atoms with Crippen molar-refractivity contribution >= 4 is 29.3 Å². The Kier molecular flexibility index (Phi) is 8.58. The number of nitrogens with one attached hydrogen (secondary N) is 1. The molecule has 8 heteroatoms. The normalized spacial score (nSPS) is 14.7. The number of hydrogen-bond acceptors (Lipinski definition) is 5. The molecule has 0 atom stereocenters. The molecule has 3 rings (SSSR count). The number of benzene rings is 1. The van der Waals surface area contributed by atoms with E-state index in [2.05, 4.69) is 31.6 Å². The highest BCUT2D eigenvalue weighted by Gasteiger charge is 2.16. The summed E-state index contributed by atoms with van der Waals surface area (Å²) in [5.41, 5.74) is 1.02. The topological polar surface area (TPSA) is 63.1 Å². The average Bonchev–Trinajstić information content (AvgIpc) is 3.13. The average molecular weight is 434 g/mol. The third-order valence-corrected chi connectivity index (χ3v) is 6.16. The lowest BCUT2D eigenvalue weighted by Crippen LogP contribution is -2.32. The first-order valence-corrected chi connectivity index (χ1v) is 11.4. The van der Waals surface area contributed by atoms with Crippen LogP contribution < -0.4 is 5.32 Å². The van der Waals surface area contributed by atoms with Crippen LogP contribution >= 0.6 is 23.4 Å². The monoisotopic (exact) mass is 433 g/mol. The summed E-state index contributed by atoms with van der Waals surface area (Å²) in [5, 5.41) is 13.1. The van der Waals surface area contributed by atoms with E-state index in [0.717, 1.165) is 29.5 Å². The highest BCUT2D eigenvalue weighted by Crippen LogP contribution is 2.18. The molecule has 0 unspecified atom stereocenters. The van der Waals surface area contributed by atoms with Crippen molar-refractivity contribution in [2.24, 2.45) is 0 Å². The van der Waals surface area contributed by atoms with E-state index in [1.165, 1.54) is 44.1 Å². The van der Waals surface area contributed by atoms with Crippen LogP contribution in [-0.4, -0.2) is 51.0 Å². The fraction of sp³-hybridized carbons (Fsp3) is 0.476. The number of carbonyl (C=O) groups excluding carboxylic acids is 1. The summed E-state index contributed by atoms with van der Waals surface area (Å²) in [6.07, 6.45) is 6.61. The van der Waals surface area contributed by atoms with Gasteiger partial charge in [-0.15, -0.1) is 16.8 Å². The zero-order chi connectivity index (χ0) is 20.5. The van der Waals surface area contributed by atoms with Crippen LogP contribution in [0.2, 0.25) is 5.02 Å². The number of allylic oxidation sites excluding steroid dienone is 1. The lowest BCUT2D eigenvalue weighted by molar-refractivity contribution is -0.118. The number of rotatable bonds is 10. The summed E-state index contributed by atoms with van der Waals surface area (Å²) in [6, 6.07) is 7.46. The molecule has 1 amide bonds. The van der Waals surface area contributed by atoms with Crippen LogP contribution in [0.5, 0.6) is 0 Å². The number of hydrogen-bond donors (Lipinski definition) is 1. The molecule has 0 aliphatic carbocycles. The van der Waals surface area contributed by atoms with Crippen molar-refractivity contribution < 1.29 is 4.79 Å². The van der Waals surface area contributed by atoms with Gasteiger partial charge in [0.2, 0.25) is 5.91 Å². The first-order chi connectivity index (χ1) is 14.2. The zero-order valence-electron chi connectivity index (χ0n) is 16.6. The van der Waals surface area contributed by atoms with Gasteiger partial charge in [0.15, 0.2) is 5.16 Å². The summed E-state index contributed by atoms with van der Waals surface area (Å²) in [6.45, 7) is 8.33. The first kappa shape index (κ1) is 21.9. The van der Waals surface area contributed by atoms with Crippen LogP contribution in [0.25, 0.3) is 0 Å². The van der Waals surface area contributed by atoms with Gasteiger partial charge in [-0.3, -0.25) is 4.79 Å². The van der Waals surface area contributed by atoms with Crippen molar-refractivity contribution in [2.75, 3.05) is 25.4 Å². The van der Waals surface area contributed by atoms with Crippen LogP contribution in [0.4, 0.5) is 0 Å².